The van der Waals surface area contributed by atoms with E-state index in [-0.39, 0.29) is 30.1 Å². The highest BCUT2D eigenvalue weighted by atomic mass is 16.5. The second-order valence-electron chi connectivity index (χ2n) is 7.16. The molecule has 0 radical (unpaired) electrons. The van der Waals surface area contributed by atoms with Gasteiger partial charge in [-0.25, -0.2) is 0 Å². The second kappa shape index (κ2) is 7.11. The van der Waals surface area contributed by atoms with Crippen molar-refractivity contribution in [2.75, 3.05) is 13.7 Å². The molecule has 0 bridgehead atoms. The highest BCUT2D eigenvalue weighted by molar-refractivity contribution is 5.83. The Morgan fingerprint density at radius 3 is 3.08 bits per heavy atom. The van der Waals surface area contributed by atoms with Crippen LogP contribution < -0.4 is 0 Å². The maximum Gasteiger partial charge on any atom is 0.305 e. The van der Waals surface area contributed by atoms with Gasteiger partial charge >= 0.3 is 5.97 Å². The van der Waals surface area contributed by atoms with Crippen molar-refractivity contribution in [1.82, 2.24) is 9.88 Å². The molecule has 1 N–H and O–H groups in total. The number of H-pyrrole nitrogens is 1. The third kappa shape index (κ3) is 3.09. The first kappa shape index (κ1) is 17.1. The average Bonchev–Trinajstić information content (AvgIpc) is 3.27. The number of rotatable bonds is 5. The topological polar surface area (TPSA) is 71.6 Å². The number of methoxy groups -OCH3 is 1. The Hall–Kier alpha value is -2.34. The van der Waals surface area contributed by atoms with E-state index in [4.69, 9.17) is 9.47 Å². The van der Waals surface area contributed by atoms with E-state index in [9.17, 15) is 9.59 Å². The molecule has 2 aliphatic rings. The quantitative estimate of drug-likeness (QED) is 0.836. The van der Waals surface area contributed by atoms with E-state index in [1.807, 2.05) is 23.2 Å². The van der Waals surface area contributed by atoms with E-state index in [2.05, 4.69) is 17.1 Å². The summed E-state index contributed by atoms with van der Waals surface area (Å²) in [6.07, 6.45) is 4.96. The molecular formula is C20H24N2O4. The Bertz CT molecular complexity index is 815. The number of benzene rings is 1. The van der Waals surface area contributed by atoms with Crippen LogP contribution in [0, 0.1) is 5.92 Å². The summed E-state index contributed by atoms with van der Waals surface area (Å²) < 4.78 is 10.8. The molecule has 0 unspecified atom stereocenters. The lowest BCUT2D eigenvalue weighted by Gasteiger charge is -2.37. The van der Waals surface area contributed by atoms with Crippen LogP contribution in [0.3, 0.4) is 0 Å². The van der Waals surface area contributed by atoms with E-state index >= 15 is 0 Å². The van der Waals surface area contributed by atoms with Crippen LogP contribution in [0.1, 0.15) is 31.2 Å². The zero-order chi connectivity index (χ0) is 18.1. The number of ether oxygens (including phenoxy) is 2. The number of nitrogens with zero attached hydrogens (tertiary/aromatic N) is 1. The number of piperidine rings is 1. The van der Waals surface area contributed by atoms with Crippen LogP contribution in [-0.2, 0) is 25.5 Å². The number of nitrogens with one attached hydrogen (secondary N) is 1. The fourth-order valence-corrected chi connectivity index (χ4v) is 4.27. The molecule has 6 heteroatoms. The number of hydrogen-bond acceptors (Lipinski definition) is 4. The molecule has 4 rings (SSSR count). The fraction of sp³-hybridized carbons (Fsp3) is 0.500. The number of hydrogen-bond donors (Lipinski definition) is 1. The molecule has 2 fully saturated rings. The lowest BCUT2D eigenvalue weighted by Crippen LogP contribution is -2.49. The molecule has 138 valence electrons. The second-order valence-corrected chi connectivity index (χ2v) is 7.16. The van der Waals surface area contributed by atoms with Crippen molar-refractivity contribution in [2.24, 2.45) is 5.92 Å². The molecule has 1 aromatic heterocycles. The van der Waals surface area contributed by atoms with Gasteiger partial charge in [-0.05, 0) is 30.9 Å². The number of aromatic nitrogens is 1. The van der Waals surface area contributed by atoms with Gasteiger partial charge in [0.05, 0.1) is 19.8 Å². The Labute approximate surface area is 152 Å². The van der Waals surface area contributed by atoms with E-state index in [0.29, 0.717) is 25.9 Å². The molecule has 6 nitrogen and oxygen atoms in total. The van der Waals surface area contributed by atoms with Crippen molar-refractivity contribution < 1.29 is 19.1 Å². The lowest BCUT2D eigenvalue weighted by atomic mass is 9.90. The number of aromatic amines is 1. The summed E-state index contributed by atoms with van der Waals surface area (Å²) in [4.78, 5) is 29.3. The number of fused-ring (bicyclic) bond motifs is 2. The third-order valence-electron chi connectivity index (χ3n) is 5.62. The molecule has 0 spiro atoms. The summed E-state index contributed by atoms with van der Waals surface area (Å²) in [7, 11) is 1.41. The van der Waals surface area contributed by atoms with Gasteiger partial charge in [0.2, 0.25) is 5.91 Å². The Morgan fingerprint density at radius 2 is 2.23 bits per heavy atom. The average molecular weight is 356 g/mol. The zero-order valence-electron chi connectivity index (χ0n) is 14.9. The first-order valence-electron chi connectivity index (χ1n) is 9.22. The molecule has 3 heterocycles. The summed E-state index contributed by atoms with van der Waals surface area (Å²) in [5.74, 6) is 0.146. The third-order valence-corrected chi connectivity index (χ3v) is 5.62. The molecule has 2 saturated heterocycles. The Morgan fingerprint density at radius 1 is 1.38 bits per heavy atom. The summed E-state index contributed by atoms with van der Waals surface area (Å²) in [5, 5.41) is 1.20. The van der Waals surface area contributed by atoms with Crippen molar-refractivity contribution in [1.29, 1.82) is 0 Å². The predicted octanol–water partition coefficient (Wildman–Crippen LogP) is 2.63. The molecular weight excluding hydrogens is 332 g/mol. The molecule has 1 amide bonds. The first-order chi connectivity index (χ1) is 12.7. The lowest BCUT2D eigenvalue weighted by molar-refractivity contribution is -0.148. The Balaban J connectivity index is 1.49. The summed E-state index contributed by atoms with van der Waals surface area (Å²) in [6, 6.07) is 8.25. The van der Waals surface area contributed by atoms with Crippen molar-refractivity contribution in [3.05, 3.63) is 36.0 Å². The number of amides is 1. The van der Waals surface area contributed by atoms with Gasteiger partial charge < -0.3 is 19.4 Å². The van der Waals surface area contributed by atoms with Crippen molar-refractivity contribution >= 4 is 22.8 Å². The summed E-state index contributed by atoms with van der Waals surface area (Å²) >= 11 is 0. The van der Waals surface area contributed by atoms with Gasteiger partial charge in [0.1, 0.15) is 6.23 Å². The van der Waals surface area contributed by atoms with Crippen molar-refractivity contribution in [3.63, 3.8) is 0 Å². The van der Waals surface area contributed by atoms with Gasteiger partial charge in [0, 0.05) is 35.9 Å². The fourth-order valence-electron chi connectivity index (χ4n) is 4.27. The number of carbonyl (C=O) groups excluding carboxylic acids is 2. The van der Waals surface area contributed by atoms with Crippen LogP contribution in [0.5, 0.6) is 0 Å². The maximum atomic E-state index is 12.6. The van der Waals surface area contributed by atoms with Crippen LogP contribution in [0.2, 0.25) is 0 Å². The summed E-state index contributed by atoms with van der Waals surface area (Å²) in [5.41, 5.74) is 2.32. The van der Waals surface area contributed by atoms with Gasteiger partial charge in [-0.15, -0.1) is 0 Å². The van der Waals surface area contributed by atoms with Crippen molar-refractivity contribution in [3.8, 4) is 0 Å². The monoisotopic (exact) mass is 356 g/mol. The minimum Gasteiger partial charge on any atom is -0.469 e. The molecule has 0 aliphatic carbocycles. The maximum absolute atomic E-state index is 12.6. The molecule has 2 aromatic rings. The minimum atomic E-state index is -0.212. The molecule has 26 heavy (non-hydrogen) atoms. The van der Waals surface area contributed by atoms with Gasteiger partial charge in [-0.3, -0.25) is 9.59 Å². The smallest absolute Gasteiger partial charge is 0.305 e. The van der Waals surface area contributed by atoms with E-state index in [0.717, 1.165) is 18.4 Å². The van der Waals surface area contributed by atoms with Crippen LogP contribution in [-0.4, -0.2) is 47.7 Å². The van der Waals surface area contributed by atoms with Crippen LogP contribution in [0.15, 0.2) is 30.5 Å². The molecule has 0 saturated carbocycles. The zero-order valence-corrected chi connectivity index (χ0v) is 14.9. The SMILES string of the molecule is COC(=O)CC[C@H]1CCC(=O)N2[C@@H](Cc3c[nH]c4ccccc34)CO[C@H]12. The predicted molar refractivity (Wildman–Crippen MR) is 96.4 cm³/mol. The highest BCUT2D eigenvalue weighted by Crippen LogP contribution is 2.36. The molecule has 2 aliphatic heterocycles. The largest absolute Gasteiger partial charge is 0.469 e. The van der Waals surface area contributed by atoms with Crippen LogP contribution in [0.25, 0.3) is 10.9 Å². The Kier molecular flexibility index (Phi) is 4.68. The minimum absolute atomic E-state index is 0.0487. The molecule has 3 atom stereocenters. The highest BCUT2D eigenvalue weighted by Gasteiger charge is 2.45. The first-order valence-corrected chi connectivity index (χ1v) is 9.22. The number of para-hydroxylation sites is 1. The van der Waals surface area contributed by atoms with Crippen molar-refractivity contribution in [2.45, 2.75) is 44.4 Å². The van der Waals surface area contributed by atoms with E-state index in [1.54, 1.807) is 0 Å². The van der Waals surface area contributed by atoms with E-state index < -0.39 is 0 Å². The van der Waals surface area contributed by atoms with Gasteiger partial charge in [-0.2, -0.15) is 0 Å². The summed E-state index contributed by atoms with van der Waals surface area (Å²) in [6.45, 7) is 0.546. The van der Waals surface area contributed by atoms with E-state index in [1.165, 1.54) is 18.1 Å². The number of esters is 1. The van der Waals surface area contributed by atoms with Crippen LogP contribution >= 0.6 is 0 Å². The van der Waals surface area contributed by atoms with Gasteiger partial charge in [-0.1, -0.05) is 18.2 Å². The van der Waals surface area contributed by atoms with Gasteiger partial charge in [0.15, 0.2) is 0 Å². The van der Waals surface area contributed by atoms with Crippen LogP contribution in [0.4, 0.5) is 0 Å². The standard InChI is InChI=1S/C20H24N2O4/c1-25-19(24)9-7-13-6-8-18(23)22-15(12-26-20(13)22)10-14-11-21-17-5-3-2-4-16(14)17/h2-5,11,13,15,20-21H,6-10,12H2,1H3/t13-,15+,20-/m1/s1. The normalized spacial score (nSPS) is 25.5. The van der Waals surface area contributed by atoms with Gasteiger partial charge in [0.25, 0.3) is 0 Å². The number of carbonyl (C=O) groups is 2. The molecule has 1 aromatic carbocycles.